The third-order valence-corrected chi connectivity index (χ3v) is 25.6. The van der Waals surface area contributed by atoms with Gasteiger partial charge in [-0.2, -0.15) is 0 Å². The number of aryl methyl sites for hydroxylation is 12. The highest BCUT2D eigenvalue weighted by atomic mass is 16.7. The van der Waals surface area contributed by atoms with Crippen LogP contribution in [0.3, 0.4) is 0 Å². The molecule has 0 saturated heterocycles. The van der Waals surface area contributed by atoms with E-state index < -0.39 is 11.9 Å². The molecule has 0 radical (unpaired) electrons. The van der Waals surface area contributed by atoms with E-state index >= 15 is 0 Å². The molecule has 15 aromatic carbocycles. The van der Waals surface area contributed by atoms with Crippen molar-refractivity contribution in [1.82, 2.24) is 0 Å². The van der Waals surface area contributed by atoms with Crippen LogP contribution in [0.5, 0.6) is 46.0 Å². The van der Waals surface area contributed by atoms with E-state index in [2.05, 4.69) is 187 Å². The van der Waals surface area contributed by atoms with Gasteiger partial charge in [-0.05, 0) is 402 Å². The van der Waals surface area contributed by atoms with Crippen molar-refractivity contribution < 1.29 is 71.6 Å². The minimum Gasteiger partial charge on any atom is -0.497 e. The molecule has 4 aliphatic rings. The summed E-state index contributed by atoms with van der Waals surface area (Å²) < 4.78 is 53.4. The summed E-state index contributed by atoms with van der Waals surface area (Å²) in [4.78, 5) is 33.2. The van der Waals surface area contributed by atoms with E-state index in [0.717, 1.165) is 125 Å². The fraction of sp³-hybridized carbons (Fsp3) is 0.205. The summed E-state index contributed by atoms with van der Waals surface area (Å²) in [7, 11) is 0. The normalized spacial score (nSPS) is 11.5. The van der Waals surface area contributed by atoms with Crippen LogP contribution < -0.4 is 37.9 Å². The van der Waals surface area contributed by atoms with Gasteiger partial charge < -0.3 is 57.3 Å². The van der Waals surface area contributed by atoms with Crippen LogP contribution >= 0.6 is 0 Å². The van der Waals surface area contributed by atoms with Crippen molar-refractivity contribution in [2.24, 2.45) is 0 Å². The number of hydrogen-bond donors (Lipinski definition) is 2. The second kappa shape index (κ2) is 52.6. The first kappa shape index (κ1) is 106. The number of allylic oxidation sites excluding steroid dienone is 2. The molecule has 0 spiro atoms. The Morgan fingerprint density at radius 2 is 0.754 bits per heavy atom. The van der Waals surface area contributed by atoms with Crippen LogP contribution in [0, 0.1) is 138 Å². The zero-order valence-electron chi connectivity index (χ0n) is 85.3. The van der Waals surface area contributed by atoms with Crippen molar-refractivity contribution in [3.05, 3.63) is 479 Å². The van der Waals surface area contributed by atoms with E-state index in [1.54, 1.807) is 30.7 Å². The lowest BCUT2D eigenvalue weighted by atomic mass is 9.92. The van der Waals surface area contributed by atoms with Gasteiger partial charge in [0.1, 0.15) is 43.4 Å². The SMILES string of the molecule is Cc1cc(C(=O)O)cc(-c2ccccc2)c1C.Cc1cc(C=O)cc(-c2ccccc2)c1C.Cc1cc2c(cc1C)OCO2.Cc1ccc(C(=O)O)c(-c2ccccc2)c1C.Cc1ccc(OCc2ccccc2)cc1C.Cc1ccc2c(c1C)OCO2.Cc1ccc2c(c1C)OCO2.Cc1cccc(-c2ccco2)c1C.Cc1cccc(C2=CCOC=C2)c1C.Cc1cccc(OCc2ccccc2)c1C. The van der Waals surface area contributed by atoms with Crippen molar-refractivity contribution in [1.29, 1.82) is 0 Å². The van der Waals surface area contributed by atoms with Gasteiger partial charge in [0.15, 0.2) is 34.5 Å². The molecule has 0 fully saturated rings. The molecule has 0 aliphatic carbocycles. The van der Waals surface area contributed by atoms with E-state index in [1.807, 2.05) is 255 Å². The number of furan rings is 1. The van der Waals surface area contributed by atoms with Gasteiger partial charge in [0.2, 0.25) is 20.4 Å². The lowest BCUT2D eigenvalue weighted by Crippen LogP contribution is -2.02. The minimum absolute atomic E-state index is 0.340. The highest BCUT2D eigenvalue weighted by Crippen LogP contribution is 2.40. The maximum atomic E-state index is 11.3. The molecule has 0 unspecified atom stereocenters. The molecule has 15 nitrogen and oxygen atoms in total. The Balaban J connectivity index is 0.000000151. The number of carbonyl (C=O) groups excluding carboxylic acids is 1. The number of aromatic carboxylic acids is 2. The summed E-state index contributed by atoms with van der Waals surface area (Å²) in [6, 6.07) is 102. The molecule has 0 atom stereocenters. The van der Waals surface area contributed by atoms with Gasteiger partial charge in [-0.3, -0.25) is 4.79 Å². The summed E-state index contributed by atoms with van der Waals surface area (Å²) in [5, 5.41) is 18.3. The number of carboxylic acid groups (broad SMARTS) is 2. The topological polar surface area (TPSA) is 188 Å². The van der Waals surface area contributed by atoms with E-state index in [1.165, 1.54) is 111 Å². The lowest BCUT2D eigenvalue weighted by Gasteiger charge is -2.12. The molecule has 1 aromatic heterocycles. The highest BCUT2D eigenvalue weighted by Gasteiger charge is 2.21. The third kappa shape index (κ3) is 29.7. The molecule has 0 saturated carbocycles. The predicted molar refractivity (Wildman–Crippen MR) is 575 cm³/mol. The van der Waals surface area contributed by atoms with Crippen molar-refractivity contribution in [3.63, 3.8) is 0 Å². The summed E-state index contributed by atoms with van der Waals surface area (Å²) in [5.41, 5.74) is 38.0. The lowest BCUT2D eigenvalue weighted by molar-refractivity contribution is 0.0686. The minimum atomic E-state index is -0.884. The Morgan fingerprint density at radius 1 is 0.324 bits per heavy atom. The summed E-state index contributed by atoms with van der Waals surface area (Å²) in [6.45, 7) is 44.4. The van der Waals surface area contributed by atoms with Gasteiger partial charge in [-0.25, -0.2) is 9.59 Å². The molecule has 15 heteroatoms. The Bertz CT molecular complexity index is 6890. The van der Waals surface area contributed by atoms with Crippen molar-refractivity contribution in [3.8, 4) is 90.7 Å². The molecule has 4 aliphatic heterocycles. The number of carbonyl (C=O) groups is 3. The van der Waals surface area contributed by atoms with Gasteiger partial charge in [0.05, 0.1) is 23.7 Å². The van der Waals surface area contributed by atoms with E-state index in [-0.39, 0.29) is 0 Å². The zero-order valence-corrected chi connectivity index (χ0v) is 85.3. The van der Waals surface area contributed by atoms with Crippen LogP contribution in [-0.4, -0.2) is 55.4 Å². The number of fused-ring (bicyclic) bond motifs is 3. The standard InChI is InChI=1S/2C15H14O2.C15H16O.C15H14O.C15H16O.C13H14O.C12H12O.3C9H10O2/c1-10-8-13(15(16)17)9-14(11(10)2)12-6-4-3-5-7-12;1-10-8-9-13(15(16)17)14(11(10)2)12-6-4-3-5-7-12;1-12-7-6-10-15(13(12)2)16-11-14-8-4-3-5-9-14;1-11-8-13(10-16)9-15(12(11)2)14-6-4-3-5-7-14;1-12-8-9-15(10-13(12)2)16-11-14-6-4-3-5-7-14;1-10-4-3-5-13(11(10)2)12-6-8-14-9-7-12;1-9-5-3-6-11(10(9)2)12-7-4-8-13-12;1-6-3-8-9(4-7(6)2)11-5-10-8;2*1-6-3-4-8-9(7(6)2)11-5-10-8/h2*3-9H,1-2H3,(H,16,17);3-10H,11H2,1-2H3;3-10H,1-2H3;3-10H,11H2,1-2H3;3-8H,9H2,1-2H3;3-8H,1-2H3;3*3-4H,5H2,1-2H3. The maximum Gasteiger partial charge on any atom is 0.336 e. The summed E-state index contributed by atoms with van der Waals surface area (Å²) >= 11 is 0. The molecular formula is C127H130O15. The largest absolute Gasteiger partial charge is 0.497 e. The summed E-state index contributed by atoms with van der Waals surface area (Å²) in [5.74, 6) is 6.38. The molecule has 0 amide bonds. The number of rotatable bonds is 14. The average molecular weight is 1900 g/mol. The smallest absolute Gasteiger partial charge is 0.336 e. The zero-order chi connectivity index (χ0) is 102. The van der Waals surface area contributed by atoms with Gasteiger partial charge in [0, 0.05) is 11.1 Å². The maximum absolute atomic E-state index is 11.3. The monoisotopic (exact) mass is 1890 g/mol. The van der Waals surface area contributed by atoms with Crippen molar-refractivity contribution in [2.75, 3.05) is 27.0 Å². The number of benzene rings is 15. The Hall–Kier alpha value is -16.1. The fourth-order valence-electron chi connectivity index (χ4n) is 15.6. The van der Waals surface area contributed by atoms with Crippen LogP contribution in [0.15, 0.2) is 338 Å². The van der Waals surface area contributed by atoms with E-state index in [0.29, 0.717) is 51.3 Å². The fourth-order valence-corrected chi connectivity index (χ4v) is 15.6. The Labute approximate surface area is 838 Å². The van der Waals surface area contributed by atoms with Crippen LogP contribution in [0.2, 0.25) is 0 Å². The van der Waals surface area contributed by atoms with Gasteiger partial charge in [0.25, 0.3) is 0 Å². The number of aldehydes is 1. The predicted octanol–water partition coefficient (Wildman–Crippen LogP) is 31.8. The molecule has 2 N–H and O–H groups in total. The molecule has 142 heavy (non-hydrogen) atoms. The van der Waals surface area contributed by atoms with E-state index in [4.69, 9.17) is 52.2 Å². The first-order valence-corrected chi connectivity index (χ1v) is 47.5. The Morgan fingerprint density at radius 3 is 1.25 bits per heavy atom. The number of ether oxygens (including phenoxy) is 9. The second-order valence-electron chi connectivity index (χ2n) is 35.3. The van der Waals surface area contributed by atoms with Crippen LogP contribution in [0.1, 0.15) is 159 Å². The molecule has 16 aromatic rings. The quantitative estimate of drug-likeness (QED) is 0.0978. The highest BCUT2D eigenvalue weighted by molar-refractivity contribution is 5.97. The van der Waals surface area contributed by atoms with Gasteiger partial charge >= 0.3 is 11.9 Å². The molecule has 5 heterocycles. The molecule has 0 bridgehead atoms. The van der Waals surface area contributed by atoms with Crippen LogP contribution in [-0.2, 0) is 18.0 Å². The number of hydrogen-bond acceptors (Lipinski definition) is 13. The Kier molecular flexibility index (Phi) is 39.4. The average Bonchev–Trinajstić information content (AvgIpc) is 1.84. The second-order valence-corrected chi connectivity index (χ2v) is 35.3. The van der Waals surface area contributed by atoms with Crippen molar-refractivity contribution in [2.45, 2.75) is 152 Å². The summed E-state index contributed by atoms with van der Waals surface area (Å²) in [6.07, 6.45) is 8.50. The first-order valence-electron chi connectivity index (χ1n) is 47.5. The van der Waals surface area contributed by atoms with Crippen LogP contribution in [0.4, 0.5) is 0 Å². The van der Waals surface area contributed by atoms with Gasteiger partial charge in [-0.15, -0.1) is 0 Å². The first-order chi connectivity index (χ1) is 68.4. The van der Waals surface area contributed by atoms with Crippen molar-refractivity contribution >= 4 is 23.8 Å². The number of carboxylic acids is 2. The molecule has 728 valence electrons. The van der Waals surface area contributed by atoms with Gasteiger partial charge in [-0.1, -0.05) is 224 Å². The molecule has 20 rings (SSSR count). The van der Waals surface area contributed by atoms with Crippen LogP contribution in [0.25, 0.3) is 50.3 Å². The van der Waals surface area contributed by atoms with E-state index in [9.17, 15) is 19.5 Å². The molecular weight excluding hydrogens is 1770 g/mol. The third-order valence-electron chi connectivity index (χ3n) is 25.6.